The molecule has 0 aliphatic carbocycles. The highest BCUT2D eigenvalue weighted by Crippen LogP contribution is 2.27. The Bertz CT molecular complexity index is 1280. The van der Waals surface area contributed by atoms with Crippen molar-refractivity contribution in [2.24, 2.45) is 0 Å². The highest BCUT2D eigenvalue weighted by Gasteiger charge is 2.14. The van der Waals surface area contributed by atoms with Crippen molar-refractivity contribution >= 4 is 40.0 Å². The Morgan fingerprint density at radius 3 is 2.41 bits per heavy atom. The summed E-state index contributed by atoms with van der Waals surface area (Å²) in [5, 5.41) is 9.33. The number of anilines is 4. The van der Waals surface area contributed by atoms with Crippen LogP contribution in [0.3, 0.4) is 0 Å². The first-order valence-corrected chi connectivity index (χ1v) is 10.2. The molecule has 0 aliphatic rings. The van der Waals surface area contributed by atoms with Gasteiger partial charge in [0.05, 0.1) is 6.20 Å². The molecule has 4 aromatic rings. The number of furan rings is 1. The summed E-state index contributed by atoms with van der Waals surface area (Å²) < 4.78 is 19.8. The Hall–Kier alpha value is -3.94. The van der Waals surface area contributed by atoms with Crippen LogP contribution in [0.5, 0.6) is 0 Å². The molecular weight excluding hydrogens is 409 g/mol. The van der Waals surface area contributed by atoms with Crippen molar-refractivity contribution in [1.29, 1.82) is 0 Å². The number of nitrogens with one attached hydrogen (secondary N) is 3. The number of amides is 1. The molecule has 8 heteroatoms. The van der Waals surface area contributed by atoms with E-state index in [0.29, 0.717) is 11.3 Å². The van der Waals surface area contributed by atoms with Crippen molar-refractivity contribution in [3.05, 3.63) is 71.9 Å². The molecule has 7 nitrogen and oxygen atoms in total. The third kappa shape index (κ3) is 4.54. The molecule has 2 aromatic heterocycles. The fourth-order valence-corrected chi connectivity index (χ4v) is 3.19. The number of fused-ring (bicyclic) bond motifs is 1. The third-order valence-electron chi connectivity index (χ3n) is 4.98. The molecule has 0 bridgehead atoms. The van der Waals surface area contributed by atoms with E-state index in [-0.39, 0.29) is 28.8 Å². The fourth-order valence-electron chi connectivity index (χ4n) is 3.19. The zero-order chi connectivity index (χ0) is 22.9. The van der Waals surface area contributed by atoms with Crippen LogP contribution in [0.2, 0.25) is 0 Å². The second-order valence-electron chi connectivity index (χ2n) is 8.41. The minimum absolute atomic E-state index is 0.0347. The van der Waals surface area contributed by atoms with E-state index in [0.717, 1.165) is 17.3 Å². The van der Waals surface area contributed by atoms with E-state index < -0.39 is 5.82 Å². The van der Waals surface area contributed by atoms with Gasteiger partial charge in [-0.3, -0.25) is 4.79 Å². The second-order valence-corrected chi connectivity index (χ2v) is 8.41. The van der Waals surface area contributed by atoms with Crippen LogP contribution < -0.4 is 16.0 Å². The molecule has 0 fully saturated rings. The first kappa shape index (κ1) is 21.3. The Morgan fingerprint density at radius 2 is 1.72 bits per heavy atom. The van der Waals surface area contributed by atoms with Gasteiger partial charge in [-0.15, -0.1) is 0 Å². The van der Waals surface area contributed by atoms with Crippen LogP contribution in [0.15, 0.2) is 59.1 Å². The molecule has 32 heavy (non-hydrogen) atoms. The van der Waals surface area contributed by atoms with Gasteiger partial charge in [-0.1, -0.05) is 32.9 Å². The number of carbonyl (C=O) groups excluding carboxylic acids is 1. The lowest BCUT2D eigenvalue weighted by Crippen LogP contribution is -2.16. The maximum Gasteiger partial charge on any atom is 0.286 e. The number of nitrogens with zero attached hydrogens (tertiary/aromatic N) is 2. The first-order valence-electron chi connectivity index (χ1n) is 10.2. The first-order chi connectivity index (χ1) is 15.2. The molecule has 0 atom stereocenters. The molecule has 0 spiro atoms. The van der Waals surface area contributed by atoms with Gasteiger partial charge in [-0.05, 0) is 47.4 Å². The zero-order valence-electron chi connectivity index (χ0n) is 18.3. The van der Waals surface area contributed by atoms with E-state index in [9.17, 15) is 9.18 Å². The van der Waals surface area contributed by atoms with Crippen LogP contribution in [0, 0.1) is 5.82 Å². The van der Waals surface area contributed by atoms with Gasteiger partial charge in [0.2, 0.25) is 5.95 Å². The predicted molar refractivity (Wildman–Crippen MR) is 123 cm³/mol. The van der Waals surface area contributed by atoms with E-state index in [2.05, 4.69) is 46.7 Å². The molecule has 4 rings (SSSR count). The maximum absolute atomic E-state index is 14.3. The summed E-state index contributed by atoms with van der Waals surface area (Å²) in [6.07, 6.45) is 1.11. The monoisotopic (exact) mass is 433 g/mol. The van der Waals surface area contributed by atoms with E-state index >= 15 is 0 Å². The highest BCUT2D eigenvalue weighted by atomic mass is 19.1. The number of benzene rings is 2. The molecule has 0 aliphatic heterocycles. The second kappa shape index (κ2) is 8.30. The van der Waals surface area contributed by atoms with Gasteiger partial charge < -0.3 is 20.4 Å². The van der Waals surface area contributed by atoms with Crippen molar-refractivity contribution < 1.29 is 13.6 Å². The van der Waals surface area contributed by atoms with Crippen molar-refractivity contribution in [1.82, 2.24) is 15.3 Å². The standard InChI is InChI=1S/C24H24FN5O2/c1-24(2,3)15-5-7-16(8-6-15)28-21-18(25)13-27-23(30-21)29-17-9-10-19-14(11-17)12-20(32-19)22(31)26-4/h5-13H,1-4H3,(H,26,31)(H2,27,28,29,30). The summed E-state index contributed by atoms with van der Waals surface area (Å²) in [6.45, 7) is 6.41. The minimum atomic E-state index is -0.559. The van der Waals surface area contributed by atoms with Gasteiger partial charge in [0.1, 0.15) is 5.58 Å². The van der Waals surface area contributed by atoms with Crippen LogP contribution in [0.4, 0.5) is 27.5 Å². The van der Waals surface area contributed by atoms with Gasteiger partial charge in [-0.25, -0.2) is 9.37 Å². The minimum Gasteiger partial charge on any atom is -0.451 e. The molecule has 0 saturated carbocycles. The Morgan fingerprint density at radius 1 is 1.00 bits per heavy atom. The van der Waals surface area contributed by atoms with Crippen LogP contribution in [0.25, 0.3) is 11.0 Å². The summed E-state index contributed by atoms with van der Waals surface area (Å²) in [6, 6.07) is 14.8. The van der Waals surface area contributed by atoms with Crippen molar-refractivity contribution in [3.63, 3.8) is 0 Å². The Kier molecular flexibility index (Phi) is 5.52. The molecule has 0 radical (unpaired) electrons. The Balaban J connectivity index is 1.54. The maximum atomic E-state index is 14.3. The quantitative estimate of drug-likeness (QED) is 0.385. The van der Waals surface area contributed by atoms with Crippen LogP contribution >= 0.6 is 0 Å². The van der Waals surface area contributed by atoms with E-state index in [1.54, 1.807) is 31.3 Å². The van der Waals surface area contributed by atoms with Gasteiger partial charge in [0.15, 0.2) is 17.4 Å². The number of halogens is 1. The lowest BCUT2D eigenvalue weighted by Gasteiger charge is -2.19. The van der Waals surface area contributed by atoms with Crippen molar-refractivity contribution in [3.8, 4) is 0 Å². The van der Waals surface area contributed by atoms with Gasteiger partial charge in [-0.2, -0.15) is 4.98 Å². The van der Waals surface area contributed by atoms with Crippen LogP contribution in [0.1, 0.15) is 36.9 Å². The molecule has 0 saturated heterocycles. The summed E-state index contributed by atoms with van der Waals surface area (Å²) in [4.78, 5) is 20.1. The lowest BCUT2D eigenvalue weighted by molar-refractivity contribution is 0.0938. The van der Waals surface area contributed by atoms with Gasteiger partial charge >= 0.3 is 0 Å². The summed E-state index contributed by atoms with van der Waals surface area (Å²) in [5.41, 5.74) is 3.20. The largest absolute Gasteiger partial charge is 0.451 e. The third-order valence-corrected chi connectivity index (χ3v) is 4.98. The molecule has 2 heterocycles. The van der Waals surface area contributed by atoms with E-state index in [1.165, 1.54) is 5.56 Å². The number of rotatable bonds is 5. The van der Waals surface area contributed by atoms with Crippen LogP contribution in [-0.2, 0) is 5.41 Å². The van der Waals surface area contributed by atoms with Crippen molar-refractivity contribution in [2.75, 3.05) is 17.7 Å². The molecule has 2 aromatic carbocycles. The number of hydrogen-bond acceptors (Lipinski definition) is 6. The molecule has 164 valence electrons. The average molecular weight is 433 g/mol. The number of hydrogen-bond donors (Lipinski definition) is 3. The van der Waals surface area contributed by atoms with Crippen LogP contribution in [-0.4, -0.2) is 22.9 Å². The number of carbonyl (C=O) groups is 1. The summed E-state index contributed by atoms with van der Waals surface area (Å²) in [5.74, 6) is -0.340. The van der Waals surface area contributed by atoms with Gasteiger partial charge in [0, 0.05) is 23.8 Å². The Labute approximate surface area is 185 Å². The predicted octanol–water partition coefficient (Wildman–Crippen LogP) is 5.51. The molecular formula is C24H24FN5O2. The van der Waals surface area contributed by atoms with Gasteiger partial charge in [0.25, 0.3) is 5.91 Å². The average Bonchev–Trinajstić information content (AvgIpc) is 3.19. The fraction of sp³-hybridized carbons (Fsp3) is 0.208. The lowest BCUT2D eigenvalue weighted by atomic mass is 9.87. The number of aromatic nitrogens is 2. The smallest absolute Gasteiger partial charge is 0.286 e. The topological polar surface area (TPSA) is 92.1 Å². The molecule has 0 unspecified atom stereocenters. The molecule has 3 N–H and O–H groups in total. The highest BCUT2D eigenvalue weighted by molar-refractivity contribution is 5.96. The SMILES string of the molecule is CNC(=O)c1cc2cc(Nc3ncc(F)c(Nc4ccc(C(C)(C)C)cc4)n3)ccc2o1. The zero-order valence-corrected chi connectivity index (χ0v) is 18.3. The summed E-state index contributed by atoms with van der Waals surface area (Å²) >= 11 is 0. The van der Waals surface area contributed by atoms with E-state index in [1.807, 2.05) is 24.3 Å². The van der Waals surface area contributed by atoms with E-state index in [4.69, 9.17) is 4.42 Å². The van der Waals surface area contributed by atoms with Crippen molar-refractivity contribution in [2.45, 2.75) is 26.2 Å². The molecule has 1 amide bonds. The summed E-state index contributed by atoms with van der Waals surface area (Å²) in [7, 11) is 1.54. The normalized spacial score (nSPS) is 11.4.